The maximum absolute atomic E-state index is 9.52. The lowest BCUT2D eigenvalue weighted by atomic mass is 10.0. The lowest BCUT2D eigenvalue weighted by Gasteiger charge is -2.39. The first-order valence-electron chi connectivity index (χ1n) is 4.53. The molecule has 1 aliphatic heterocycles. The van der Waals surface area contributed by atoms with Gasteiger partial charge in [-0.2, -0.15) is 5.06 Å². The van der Waals surface area contributed by atoms with Crippen molar-refractivity contribution in [3.05, 3.63) is 0 Å². The summed E-state index contributed by atoms with van der Waals surface area (Å²) in [7, 11) is 0. The average Bonchev–Trinajstić information content (AvgIpc) is 2.05. The molecule has 3 N–H and O–H groups in total. The van der Waals surface area contributed by atoms with E-state index in [0.717, 1.165) is 13.1 Å². The summed E-state index contributed by atoms with van der Waals surface area (Å²) >= 11 is 0. The minimum atomic E-state index is 0.238. The topological polar surface area (TPSA) is 52.7 Å². The Morgan fingerprint density at radius 3 is 2.67 bits per heavy atom. The van der Waals surface area contributed by atoms with Gasteiger partial charge in [-0.1, -0.05) is 13.8 Å². The average molecular weight is 173 g/mol. The predicted molar refractivity (Wildman–Crippen MR) is 47.7 cm³/mol. The molecule has 4 nitrogen and oxygen atoms in total. The van der Waals surface area contributed by atoms with Crippen LogP contribution in [0, 0.1) is 5.92 Å². The number of hydroxylamine groups is 2. The second kappa shape index (κ2) is 4.18. The Balaban J connectivity index is 2.47. The highest BCUT2D eigenvalue weighted by Crippen LogP contribution is 2.13. The third-order valence-electron chi connectivity index (χ3n) is 2.50. The van der Waals surface area contributed by atoms with Gasteiger partial charge in [0.05, 0.1) is 6.04 Å². The van der Waals surface area contributed by atoms with Gasteiger partial charge < -0.3 is 10.9 Å². The van der Waals surface area contributed by atoms with Crippen molar-refractivity contribution in [3.63, 3.8) is 0 Å². The third kappa shape index (κ3) is 2.17. The molecule has 1 saturated heterocycles. The Bertz CT molecular complexity index is 140. The van der Waals surface area contributed by atoms with Gasteiger partial charge in [0.15, 0.2) is 0 Å². The number of piperazine rings is 1. The largest absolute Gasteiger partial charge is 0.318 e. The summed E-state index contributed by atoms with van der Waals surface area (Å²) in [6, 6.07) is 0.238. The fourth-order valence-corrected chi connectivity index (χ4v) is 1.58. The number of rotatable bonds is 2. The summed E-state index contributed by atoms with van der Waals surface area (Å²) in [5.41, 5.74) is 5.54. The van der Waals surface area contributed by atoms with Crippen LogP contribution in [-0.2, 0) is 0 Å². The highest BCUT2D eigenvalue weighted by Gasteiger charge is 2.27. The summed E-state index contributed by atoms with van der Waals surface area (Å²) in [6.45, 7) is 7.29. The van der Waals surface area contributed by atoms with Crippen LogP contribution in [0.1, 0.15) is 13.8 Å². The molecule has 1 unspecified atom stereocenters. The van der Waals surface area contributed by atoms with E-state index in [2.05, 4.69) is 18.7 Å². The molecule has 1 heterocycles. The maximum Gasteiger partial charge on any atom is 0.0501 e. The van der Waals surface area contributed by atoms with Crippen molar-refractivity contribution in [2.24, 2.45) is 11.7 Å². The molecule has 0 radical (unpaired) electrons. The van der Waals surface area contributed by atoms with E-state index in [4.69, 9.17) is 5.73 Å². The fourth-order valence-electron chi connectivity index (χ4n) is 1.58. The molecular formula is C8H19N3O. The smallest absolute Gasteiger partial charge is 0.0501 e. The fraction of sp³-hybridized carbons (Fsp3) is 1.00. The molecule has 0 saturated carbocycles. The van der Waals surface area contributed by atoms with Crippen molar-refractivity contribution < 1.29 is 5.21 Å². The molecule has 0 aromatic heterocycles. The van der Waals surface area contributed by atoms with Crippen LogP contribution in [0.5, 0.6) is 0 Å². The molecular weight excluding hydrogens is 154 g/mol. The van der Waals surface area contributed by atoms with Gasteiger partial charge in [-0.15, -0.1) is 0 Å². The van der Waals surface area contributed by atoms with E-state index in [-0.39, 0.29) is 6.04 Å². The highest BCUT2D eigenvalue weighted by atomic mass is 16.5. The number of hydrogen-bond acceptors (Lipinski definition) is 4. The minimum absolute atomic E-state index is 0.238. The Hall–Kier alpha value is -0.160. The quantitative estimate of drug-likeness (QED) is 0.614. The Morgan fingerprint density at radius 1 is 1.50 bits per heavy atom. The van der Waals surface area contributed by atoms with Crippen LogP contribution >= 0.6 is 0 Å². The maximum atomic E-state index is 9.52. The van der Waals surface area contributed by atoms with Crippen LogP contribution in [0.15, 0.2) is 0 Å². The van der Waals surface area contributed by atoms with E-state index in [0.29, 0.717) is 19.1 Å². The molecule has 0 aromatic rings. The van der Waals surface area contributed by atoms with Gasteiger partial charge >= 0.3 is 0 Å². The lowest BCUT2D eigenvalue weighted by Crippen LogP contribution is -2.54. The molecule has 1 atom stereocenters. The zero-order valence-electron chi connectivity index (χ0n) is 7.90. The van der Waals surface area contributed by atoms with Gasteiger partial charge in [0.2, 0.25) is 0 Å². The van der Waals surface area contributed by atoms with Crippen LogP contribution in [0.4, 0.5) is 0 Å². The highest BCUT2D eigenvalue weighted by molar-refractivity contribution is 4.78. The van der Waals surface area contributed by atoms with E-state index in [1.54, 1.807) is 0 Å². The van der Waals surface area contributed by atoms with E-state index in [1.807, 2.05) is 0 Å². The van der Waals surface area contributed by atoms with Crippen LogP contribution in [0.2, 0.25) is 0 Å². The van der Waals surface area contributed by atoms with Crippen LogP contribution in [0.3, 0.4) is 0 Å². The minimum Gasteiger partial charge on any atom is -0.318 e. The van der Waals surface area contributed by atoms with Crippen LogP contribution in [0.25, 0.3) is 0 Å². The number of hydrogen-bond donors (Lipinski definition) is 2. The number of nitrogens with zero attached hydrogens (tertiary/aromatic N) is 2. The van der Waals surface area contributed by atoms with Crippen molar-refractivity contribution in [1.29, 1.82) is 0 Å². The molecule has 4 heteroatoms. The first-order chi connectivity index (χ1) is 5.65. The molecule has 12 heavy (non-hydrogen) atoms. The standard InChI is InChI=1S/C8H19N3O/c1-7(2)8-5-10(6-9)3-4-11(8)12/h7-8,12H,3-6,9H2,1-2H3. The summed E-state index contributed by atoms with van der Waals surface area (Å²) < 4.78 is 0. The van der Waals surface area contributed by atoms with Crippen molar-refractivity contribution in [3.8, 4) is 0 Å². The first-order valence-corrected chi connectivity index (χ1v) is 4.53. The molecule has 0 aliphatic carbocycles. The van der Waals surface area contributed by atoms with Gasteiger partial charge in [-0.25, -0.2) is 0 Å². The summed E-state index contributed by atoms with van der Waals surface area (Å²) in [6.07, 6.45) is 0. The van der Waals surface area contributed by atoms with E-state index in [9.17, 15) is 5.21 Å². The molecule has 0 amide bonds. The van der Waals surface area contributed by atoms with Crippen LogP contribution in [-0.4, -0.2) is 47.5 Å². The summed E-state index contributed by atoms with van der Waals surface area (Å²) in [4.78, 5) is 2.16. The normalized spacial score (nSPS) is 28.2. The van der Waals surface area contributed by atoms with E-state index < -0.39 is 0 Å². The van der Waals surface area contributed by atoms with Gasteiger partial charge in [0, 0.05) is 26.3 Å². The molecule has 0 aromatic carbocycles. The molecule has 1 rings (SSSR count). The molecule has 0 bridgehead atoms. The SMILES string of the molecule is CC(C)C1CN(CN)CCN1O. The van der Waals surface area contributed by atoms with Crippen LogP contribution < -0.4 is 5.73 Å². The summed E-state index contributed by atoms with van der Waals surface area (Å²) in [5.74, 6) is 0.476. The van der Waals surface area contributed by atoms with Crippen molar-refractivity contribution in [2.45, 2.75) is 19.9 Å². The van der Waals surface area contributed by atoms with Crippen molar-refractivity contribution in [2.75, 3.05) is 26.3 Å². The predicted octanol–water partition coefficient (Wildman–Crippen LogP) is -0.0660. The summed E-state index contributed by atoms with van der Waals surface area (Å²) in [5, 5.41) is 11.0. The Labute approximate surface area is 73.9 Å². The van der Waals surface area contributed by atoms with E-state index >= 15 is 0 Å². The molecule has 72 valence electrons. The van der Waals surface area contributed by atoms with Gasteiger partial charge in [0.1, 0.15) is 0 Å². The third-order valence-corrected chi connectivity index (χ3v) is 2.50. The molecule has 1 aliphatic rings. The Morgan fingerprint density at radius 2 is 2.17 bits per heavy atom. The van der Waals surface area contributed by atoms with Crippen molar-refractivity contribution >= 4 is 0 Å². The second-order valence-corrected chi connectivity index (χ2v) is 3.73. The Kier molecular flexibility index (Phi) is 3.46. The number of nitrogens with two attached hydrogens (primary N) is 1. The monoisotopic (exact) mass is 173 g/mol. The lowest BCUT2D eigenvalue weighted by molar-refractivity contribution is -0.166. The van der Waals surface area contributed by atoms with Gasteiger partial charge in [-0.05, 0) is 5.92 Å². The molecule has 1 fully saturated rings. The zero-order chi connectivity index (χ0) is 9.14. The van der Waals surface area contributed by atoms with Gasteiger partial charge in [0.25, 0.3) is 0 Å². The van der Waals surface area contributed by atoms with Crippen molar-refractivity contribution in [1.82, 2.24) is 9.96 Å². The van der Waals surface area contributed by atoms with Gasteiger partial charge in [-0.3, -0.25) is 4.90 Å². The zero-order valence-corrected chi connectivity index (χ0v) is 7.90. The molecule has 0 spiro atoms. The second-order valence-electron chi connectivity index (χ2n) is 3.73. The van der Waals surface area contributed by atoms with E-state index in [1.165, 1.54) is 5.06 Å². The first kappa shape index (κ1) is 9.92.